The van der Waals surface area contributed by atoms with Crippen LogP contribution in [0.1, 0.15) is 6.42 Å². The first-order valence-corrected chi connectivity index (χ1v) is 8.35. The highest BCUT2D eigenvalue weighted by atomic mass is 35.5. The summed E-state index contributed by atoms with van der Waals surface area (Å²) in [5.74, 6) is -0.488. The fraction of sp³-hybridized carbons (Fsp3) is 0.800. The summed E-state index contributed by atoms with van der Waals surface area (Å²) in [5, 5.41) is -0.259. The van der Waals surface area contributed by atoms with Gasteiger partial charge in [-0.05, 0) is 12.3 Å². The van der Waals surface area contributed by atoms with Gasteiger partial charge in [0.15, 0.2) is 4.33 Å². The number of rotatable bonds is 0. The van der Waals surface area contributed by atoms with Gasteiger partial charge in [-0.15, -0.1) is 46.4 Å². The maximum Gasteiger partial charge on any atom is 0.166 e. The summed E-state index contributed by atoms with van der Waals surface area (Å²) in [6.45, 7) is 0. The van der Waals surface area contributed by atoms with Gasteiger partial charge in [-0.2, -0.15) is 0 Å². The Bertz CT molecular complexity index is 459. The summed E-state index contributed by atoms with van der Waals surface area (Å²) in [7, 11) is 0. The third-order valence-electron chi connectivity index (χ3n) is 4.32. The Balaban J connectivity index is 2.26. The van der Waals surface area contributed by atoms with Crippen molar-refractivity contribution in [3.8, 4) is 0 Å². The van der Waals surface area contributed by atoms with Gasteiger partial charge in [0.1, 0.15) is 9.75 Å². The number of hydrogen-bond acceptors (Lipinski definition) is 0. The zero-order valence-electron chi connectivity index (χ0n) is 8.54. The molecule has 3 unspecified atom stereocenters. The van der Waals surface area contributed by atoms with Gasteiger partial charge < -0.3 is 0 Å². The molecule has 2 fully saturated rings. The molecular formula is C10H6Cl8. The first-order valence-electron chi connectivity index (χ1n) is 5.21. The van der Waals surface area contributed by atoms with Crippen molar-refractivity contribution in [2.24, 2.45) is 11.8 Å². The Hall–Kier alpha value is 2.06. The minimum atomic E-state index is -1.50. The van der Waals surface area contributed by atoms with Crippen LogP contribution >= 0.6 is 92.8 Å². The van der Waals surface area contributed by atoms with Crippen molar-refractivity contribution in [2.75, 3.05) is 0 Å². The van der Waals surface area contributed by atoms with Crippen molar-refractivity contribution < 1.29 is 0 Å². The Kier molecular flexibility index (Phi) is 3.39. The summed E-state index contributed by atoms with van der Waals surface area (Å²) in [4.78, 5) is -2.50. The Morgan fingerprint density at radius 1 is 0.889 bits per heavy atom. The summed E-state index contributed by atoms with van der Waals surface area (Å²) >= 11 is 51.0. The van der Waals surface area contributed by atoms with E-state index >= 15 is 0 Å². The summed E-state index contributed by atoms with van der Waals surface area (Å²) in [5.41, 5.74) is 0. The van der Waals surface area contributed by atoms with Crippen LogP contribution in [0.15, 0.2) is 10.1 Å². The van der Waals surface area contributed by atoms with E-state index in [1.54, 1.807) is 0 Å². The van der Waals surface area contributed by atoms with Gasteiger partial charge in [0.25, 0.3) is 0 Å². The molecule has 3 rings (SSSR count). The molecule has 0 aromatic heterocycles. The first-order chi connectivity index (χ1) is 8.11. The molecule has 0 aromatic rings. The van der Waals surface area contributed by atoms with E-state index in [0.29, 0.717) is 6.42 Å². The molecule has 6 atom stereocenters. The third-order valence-corrected chi connectivity index (χ3v) is 9.79. The van der Waals surface area contributed by atoms with Crippen molar-refractivity contribution in [1.29, 1.82) is 0 Å². The Morgan fingerprint density at radius 3 is 1.94 bits per heavy atom. The molecule has 0 saturated heterocycles. The maximum absolute atomic E-state index is 6.62. The van der Waals surface area contributed by atoms with Crippen LogP contribution in [-0.4, -0.2) is 24.8 Å². The van der Waals surface area contributed by atoms with Crippen LogP contribution in [0, 0.1) is 11.8 Å². The fourth-order valence-electron chi connectivity index (χ4n) is 3.48. The molecule has 0 aromatic carbocycles. The van der Waals surface area contributed by atoms with E-state index in [4.69, 9.17) is 92.8 Å². The zero-order valence-corrected chi connectivity index (χ0v) is 14.6. The monoisotopic (exact) mass is 406 g/mol. The zero-order chi connectivity index (χ0) is 13.7. The molecular weight excluding hydrogens is 404 g/mol. The van der Waals surface area contributed by atoms with Gasteiger partial charge >= 0.3 is 0 Å². The van der Waals surface area contributed by atoms with Crippen molar-refractivity contribution in [2.45, 2.75) is 31.3 Å². The SMILES string of the molecule is ClC1=C(Cl)C2(Cl)[C@@H]3CC(Cl)[C@H](Cl)[C@@H]3C1(Cl)C2(Cl)Cl. The van der Waals surface area contributed by atoms with Gasteiger partial charge in [-0.1, -0.05) is 46.4 Å². The van der Waals surface area contributed by atoms with E-state index in [1.807, 2.05) is 0 Å². The quantitative estimate of drug-likeness (QED) is 0.451. The molecule has 102 valence electrons. The van der Waals surface area contributed by atoms with Crippen LogP contribution in [0.2, 0.25) is 0 Å². The van der Waals surface area contributed by atoms with Crippen molar-refractivity contribution >= 4 is 92.8 Å². The summed E-state index contributed by atoms with van der Waals surface area (Å²) in [6, 6.07) is 0. The fourth-order valence-corrected chi connectivity index (χ4v) is 7.46. The molecule has 18 heavy (non-hydrogen) atoms. The van der Waals surface area contributed by atoms with Gasteiger partial charge in [0.2, 0.25) is 0 Å². The normalized spacial score (nSPS) is 57.3. The van der Waals surface area contributed by atoms with Crippen molar-refractivity contribution in [1.82, 2.24) is 0 Å². The van der Waals surface area contributed by atoms with E-state index in [2.05, 4.69) is 0 Å². The average molecular weight is 410 g/mol. The van der Waals surface area contributed by atoms with Crippen LogP contribution < -0.4 is 0 Å². The minimum Gasteiger partial charge on any atom is -0.121 e. The van der Waals surface area contributed by atoms with E-state index in [1.165, 1.54) is 0 Å². The second kappa shape index (κ2) is 4.07. The van der Waals surface area contributed by atoms with E-state index in [0.717, 1.165) is 0 Å². The molecule has 8 heteroatoms. The highest BCUT2D eigenvalue weighted by molar-refractivity contribution is 6.66. The molecule has 3 aliphatic rings. The van der Waals surface area contributed by atoms with Crippen LogP contribution in [0.25, 0.3) is 0 Å². The largest absolute Gasteiger partial charge is 0.166 e. The van der Waals surface area contributed by atoms with Gasteiger partial charge in [0.05, 0.1) is 20.8 Å². The molecule has 3 aliphatic carbocycles. The summed E-state index contributed by atoms with van der Waals surface area (Å²) in [6.07, 6.45) is 0.555. The number of fused-ring (bicyclic) bond motifs is 5. The van der Waals surface area contributed by atoms with Gasteiger partial charge in [-0.25, -0.2) is 0 Å². The highest BCUT2D eigenvalue weighted by Gasteiger charge is 2.84. The molecule has 2 saturated carbocycles. The second-order valence-electron chi connectivity index (χ2n) is 4.95. The van der Waals surface area contributed by atoms with E-state index in [9.17, 15) is 0 Å². The molecule has 0 nitrogen and oxygen atoms in total. The lowest BCUT2D eigenvalue weighted by atomic mass is 9.84. The lowest BCUT2D eigenvalue weighted by Gasteiger charge is -2.35. The molecule has 0 amide bonds. The number of alkyl halides is 6. The topological polar surface area (TPSA) is 0 Å². The Labute approximate surface area is 145 Å². The number of allylic oxidation sites excluding steroid dienone is 2. The average Bonchev–Trinajstić information content (AvgIpc) is 2.69. The molecule has 2 bridgehead atoms. The van der Waals surface area contributed by atoms with Crippen LogP contribution in [0.4, 0.5) is 0 Å². The van der Waals surface area contributed by atoms with Crippen LogP contribution in [0.3, 0.4) is 0 Å². The lowest BCUT2D eigenvalue weighted by molar-refractivity contribution is 0.385. The standard InChI is InChI=1S/C10H6Cl8/c11-3-1-2-4(5(3)12)9(16)7(14)6(13)8(2,15)10(9,17)18/h2-5H,1H2/t2-,3?,4-,5+,8?,9?/m1/s1. The molecule has 0 heterocycles. The first kappa shape index (κ1) is 15.0. The van der Waals surface area contributed by atoms with Gasteiger partial charge in [0, 0.05) is 5.92 Å². The second-order valence-corrected chi connectivity index (χ2v) is 9.29. The minimum absolute atomic E-state index is 0.184. The molecule has 0 spiro atoms. The lowest BCUT2D eigenvalue weighted by Crippen LogP contribution is -2.47. The van der Waals surface area contributed by atoms with Gasteiger partial charge in [-0.3, -0.25) is 0 Å². The highest BCUT2D eigenvalue weighted by Crippen LogP contribution is 2.79. The third kappa shape index (κ3) is 1.28. The van der Waals surface area contributed by atoms with E-state index < -0.39 is 19.5 Å². The number of hydrogen-bond donors (Lipinski definition) is 0. The van der Waals surface area contributed by atoms with Crippen molar-refractivity contribution in [3.63, 3.8) is 0 Å². The van der Waals surface area contributed by atoms with Crippen LogP contribution in [0.5, 0.6) is 0 Å². The van der Waals surface area contributed by atoms with E-state index in [-0.39, 0.29) is 27.3 Å². The maximum atomic E-state index is 6.62. The predicted molar refractivity (Wildman–Crippen MR) is 81.2 cm³/mol. The molecule has 0 radical (unpaired) electrons. The van der Waals surface area contributed by atoms with Crippen LogP contribution in [-0.2, 0) is 0 Å². The Morgan fingerprint density at radius 2 is 1.39 bits per heavy atom. The van der Waals surface area contributed by atoms with Crippen molar-refractivity contribution in [3.05, 3.63) is 10.1 Å². The smallest absolute Gasteiger partial charge is 0.121 e. The summed E-state index contributed by atoms with van der Waals surface area (Å²) < 4.78 is -1.50. The molecule has 0 aliphatic heterocycles. The predicted octanol–water partition coefficient (Wildman–Crippen LogP) is 5.68. The number of halogens is 8. The molecule has 0 N–H and O–H groups in total.